The summed E-state index contributed by atoms with van der Waals surface area (Å²) in [5.41, 5.74) is 6.49. The quantitative estimate of drug-likeness (QED) is 0.697. The zero-order valence-electron chi connectivity index (χ0n) is 13.8. The number of nitrogens with one attached hydrogen (secondary N) is 1. The number of unbranched alkanes of at least 4 members (excludes halogenated alkanes) is 3. The summed E-state index contributed by atoms with van der Waals surface area (Å²) in [6.07, 6.45) is 4.67. The Morgan fingerprint density at radius 3 is 2.65 bits per heavy atom. The lowest BCUT2D eigenvalue weighted by Crippen LogP contribution is -2.22. The molecule has 2 aromatic rings. The average Bonchev–Trinajstić information content (AvgIpc) is 2.59. The second-order valence-corrected chi connectivity index (χ2v) is 5.70. The molecule has 4 nitrogen and oxygen atoms in total. The lowest BCUT2D eigenvalue weighted by molar-refractivity contribution is -0.121. The zero-order valence-corrected chi connectivity index (χ0v) is 13.8. The van der Waals surface area contributed by atoms with Gasteiger partial charge in [0.25, 0.3) is 0 Å². The van der Waals surface area contributed by atoms with E-state index < -0.39 is 0 Å². The van der Waals surface area contributed by atoms with Crippen molar-refractivity contribution in [2.45, 2.75) is 38.6 Å². The summed E-state index contributed by atoms with van der Waals surface area (Å²) in [6, 6.07) is 12.1. The van der Waals surface area contributed by atoms with Crippen LogP contribution in [0.1, 0.15) is 37.7 Å². The highest BCUT2D eigenvalue weighted by molar-refractivity contribution is 5.88. The van der Waals surface area contributed by atoms with E-state index in [1.165, 1.54) is 0 Å². The van der Waals surface area contributed by atoms with E-state index in [2.05, 4.69) is 17.4 Å². The van der Waals surface area contributed by atoms with Crippen LogP contribution in [-0.2, 0) is 11.3 Å². The fraction of sp³-hybridized carbons (Fsp3) is 0.421. The van der Waals surface area contributed by atoms with Gasteiger partial charge in [0.05, 0.1) is 7.11 Å². The number of carbonyl (C=O) groups is 1. The van der Waals surface area contributed by atoms with E-state index in [1.54, 1.807) is 7.11 Å². The Hall–Kier alpha value is -2.07. The second kappa shape index (κ2) is 9.16. The molecule has 4 heteroatoms. The van der Waals surface area contributed by atoms with Gasteiger partial charge in [0.1, 0.15) is 5.75 Å². The molecule has 2 rings (SSSR count). The summed E-state index contributed by atoms with van der Waals surface area (Å²) >= 11 is 0. The highest BCUT2D eigenvalue weighted by Crippen LogP contribution is 2.27. The predicted octanol–water partition coefficient (Wildman–Crippen LogP) is 3.37. The molecule has 0 spiro atoms. The van der Waals surface area contributed by atoms with Gasteiger partial charge < -0.3 is 15.8 Å². The van der Waals surface area contributed by atoms with E-state index in [0.29, 0.717) is 13.0 Å². The molecule has 3 N–H and O–H groups in total. The summed E-state index contributed by atoms with van der Waals surface area (Å²) in [4.78, 5) is 12.0. The van der Waals surface area contributed by atoms with E-state index in [4.69, 9.17) is 10.5 Å². The van der Waals surface area contributed by atoms with Gasteiger partial charge in [-0.15, -0.1) is 0 Å². The summed E-state index contributed by atoms with van der Waals surface area (Å²) in [6.45, 7) is 1.22. The molecule has 0 aliphatic carbocycles. The van der Waals surface area contributed by atoms with Crippen LogP contribution in [0.4, 0.5) is 0 Å². The van der Waals surface area contributed by atoms with Crippen molar-refractivity contribution in [2.24, 2.45) is 5.73 Å². The summed E-state index contributed by atoms with van der Waals surface area (Å²) < 4.78 is 5.45. The molecule has 1 amide bonds. The van der Waals surface area contributed by atoms with Crippen molar-refractivity contribution in [3.8, 4) is 5.75 Å². The number of methoxy groups -OCH3 is 1. The smallest absolute Gasteiger partial charge is 0.220 e. The van der Waals surface area contributed by atoms with Crippen molar-refractivity contribution >= 4 is 16.7 Å². The third-order valence-corrected chi connectivity index (χ3v) is 4.04. The van der Waals surface area contributed by atoms with Crippen LogP contribution in [0.3, 0.4) is 0 Å². The van der Waals surface area contributed by atoms with E-state index in [9.17, 15) is 4.79 Å². The number of hydrogen-bond donors (Lipinski definition) is 2. The summed E-state index contributed by atoms with van der Waals surface area (Å²) in [5.74, 6) is 0.902. The minimum absolute atomic E-state index is 0.0905. The monoisotopic (exact) mass is 314 g/mol. The maximum atomic E-state index is 12.0. The number of rotatable bonds is 9. The van der Waals surface area contributed by atoms with Gasteiger partial charge in [-0.05, 0) is 36.2 Å². The van der Waals surface area contributed by atoms with Crippen LogP contribution < -0.4 is 15.8 Å². The Labute approximate surface area is 138 Å². The van der Waals surface area contributed by atoms with Crippen molar-refractivity contribution in [1.82, 2.24) is 5.32 Å². The minimum atomic E-state index is 0.0905. The maximum Gasteiger partial charge on any atom is 0.220 e. The highest BCUT2D eigenvalue weighted by atomic mass is 16.5. The molecule has 0 radical (unpaired) electrons. The lowest BCUT2D eigenvalue weighted by Gasteiger charge is -2.13. The maximum absolute atomic E-state index is 12.0. The fourth-order valence-corrected chi connectivity index (χ4v) is 2.75. The van der Waals surface area contributed by atoms with Gasteiger partial charge in [0.2, 0.25) is 5.91 Å². The Bertz CT molecular complexity index is 640. The number of fused-ring (bicyclic) bond motifs is 1. The molecule has 0 atom stereocenters. The Balaban J connectivity index is 1.94. The van der Waals surface area contributed by atoms with Crippen molar-refractivity contribution in [1.29, 1.82) is 0 Å². The molecule has 0 bridgehead atoms. The van der Waals surface area contributed by atoms with Gasteiger partial charge in [-0.3, -0.25) is 4.79 Å². The van der Waals surface area contributed by atoms with Gasteiger partial charge in [-0.2, -0.15) is 0 Å². The molecule has 23 heavy (non-hydrogen) atoms. The van der Waals surface area contributed by atoms with Gasteiger partial charge in [0.15, 0.2) is 0 Å². The van der Waals surface area contributed by atoms with E-state index in [0.717, 1.165) is 54.3 Å². The van der Waals surface area contributed by atoms with Crippen LogP contribution in [-0.4, -0.2) is 19.6 Å². The molecular weight excluding hydrogens is 288 g/mol. The standard InChI is InChI=1S/C19H26N2O2/c1-23-18-12-11-15-8-5-6-9-16(15)17(18)14-21-19(22)10-4-2-3-7-13-20/h5-6,8-9,11-12H,2-4,7,10,13-14,20H2,1H3,(H,21,22). The van der Waals surface area contributed by atoms with Crippen LogP contribution in [0.15, 0.2) is 36.4 Å². The van der Waals surface area contributed by atoms with Crippen LogP contribution in [0.5, 0.6) is 5.75 Å². The van der Waals surface area contributed by atoms with Crippen molar-refractivity contribution in [3.05, 3.63) is 42.0 Å². The molecule has 0 heterocycles. The molecule has 0 aliphatic rings. The second-order valence-electron chi connectivity index (χ2n) is 5.70. The molecule has 0 aliphatic heterocycles. The van der Waals surface area contributed by atoms with Crippen LogP contribution in [0.25, 0.3) is 10.8 Å². The normalized spacial score (nSPS) is 10.7. The number of hydrogen-bond acceptors (Lipinski definition) is 3. The molecular formula is C19H26N2O2. The average molecular weight is 314 g/mol. The van der Waals surface area contributed by atoms with Crippen LogP contribution in [0.2, 0.25) is 0 Å². The number of ether oxygens (including phenoxy) is 1. The fourth-order valence-electron chi connectivity index (χ4n) is 2.75. The van der Waals surface area contributed by atoms with Crippen LogP contribution >= 0.6 is 0 Å². The first-order valence-electron chi connectivity index (χ1n) is 8.27. The van der Waals surface area contributed by atoms with Crippen LogP contribution in [0, 0.1) is 0 Å². The summed E-state index contributed by atoms with van der Waals surface area (Å²) in [7, 11) is 1.66. The first-order valence-corrected chi connectivity index (χ1v) is 8.27. The van der Waals surface area contributed by atoms with Gasteiger partial charge >= 0.3 is 0 Å². The van der Waals surface area contributed by atoms with Gasteiger partial charge in [0, 0.05) is 18.5 Å². The van der Waals surface area contributed by atoms with E-state index >= 15 is 0 Å². The lowest BCUT2D eigenvalue weighted by atomic mass is 10.0. The molecule has 0 saturated carbocycles. The SMILES string of the molecule is COc1ccc2ccccc2c1CNC(=O)CCCCCCN. The first-order chi connectivity index (χ1) is 11.3. The first kappa shape index (κ1) is 17.3. The molecule has 0 aromatic heterocycles. The third-order valence-electron chi connectivity index (χ3n) is 4.04. The number of amides is 1. The van der Waals surface area contributed by atoms with E-state index in [1.807, 2.05) is 24.3 Å². The van der Waals surface area contributed by atoms with Gasteiger partial charge in [-0.1, -0.05) is 43.2 Å². The topological polar surface area (TPSA) is 64.3 Å². The minimum Gasteiger partial charge on any atom is -0.496 e. The number of carbonyl (C=O) groups excluding carboxylic acids is 1. The van der Waals surface area contributed by atoms with Crippen molar-refractivity contribution < 1.29 is 9.53 Å². The molecule has 0 fully saturated rings. The van der Waals surface area contributed by atoms with E-state index in [-0.39, 0.29) is 5.91 Å². The van der Waals surface area contributed by atoms with Crippen molar-refractivity contribution in [3.63, 3.8) is 0 Å². The van der Waals surface area contributed by atoms with Crippen molar-refractivity contribution in [2.75, 3.05) is 13.7 Å². The number of nitrogens with two attached hydrogens (primary N) is 1. The molecule has 2 aromatic carbocycles. The Morgan fingerprint density at radius 1 is 1.09 bits per heavy atom. The number of benzene rings is 2. The largest absolute Gasteiger partial charge is 0.496 e. The zero-order chi connectivity index (χ0) is 16.5. The van der Waals surface area contributed by atoms with Gasteiger partial charge in [-0.25, -0.2) is 0 Å². The Kier molecular flexibility index (Phi) is 6.88. The summed E-state index contributed by atoms with van der Waals surface area (Å²) in [5, 5.41) is 5.29. The predicted molar refractivity (Wildman–Crippen MR) is 94.5 cm³/mol. The highest BCUT2D eigenvalue weighted by Gasteiger charge is 2.09. The third kappa shape index (κ3) is 4.96. The molecule has 124 valence electrons. The molecule has 0 unspecified atom stereocenters. The Morgan fingerprint density at radius 2 is 1.87 bits per heavy atom. The molecule has 0 saturated heterocycles.